The number of hydrogen-bond acceptors (Lipinski definition) is 6. The second-order valence-electron chi connectivity index (χ2n) is 10.9. The van der Waals surface area contributed by atoms with E-state index in [1.165, 1.54) is 56.4 Å². The van der Waals surface area contributed by atoms with E-state index in [1.54, 1.807) is 13.8 Å². The van der Waals surface area contributed by atoms with E-state index in [0.29, 0.717) is 18.6 Å². The zero-order valence-corrected chi connectivity index (χ0v) is 24.1. The van der Waals surface area contributed by atoms with Crippen molar-refractivity contribution < 1.29 is 29.4 Å². The van der Waals surface area contributed by atoms with Crippen LogP contribution in [-0.4, -0.2) is 64.8 Å². The summed E-state index contributed by atoms with van der Waals surface area (Å²) in [7, 11) is 0. The quantitative estimate of drug-likeness (QED) is 0.0436. The van der Waals surface area contributed by atoms with Gasteiger partial charge in [0, 0.05) is 0 Å². The van der Waals surface area contributed by atoms with Crippen LogP contribution in [0.4, 0.5) is 9.59 Å². The maximum Gasteiger partial charge on any atom is 0.419 e. The molecular weight excluding hydrogens is 488 g/mol. The van der Waals surface area contributed by atoms with Crippen molar-refractivity contribution in [1.82, 2.24) is 21.1 Å². The maximum absolute atomic E-state index is 11.6. The van der Waals surface area contributed by atoms with E-state index in [1.807, 2.05) is 0 Å². The summed E-state index contributed by atoms with van der Waals surface area (Å²) in [5.41, 5.74) is 2.21. The van der Waals surface area contributed by atoms with E-state index >= 15 is 0 Å². The van der Waals surface area contributed by atoms with Crippen molar-refractivity contribution in [2.45, 2.75) is 136 Å². The van der Waals surface area contributed by atoms with Crippen molar-refractivity contribution in [3.05, 3.63) is 0 Å². The van der Waals surface area contributed by atoms with Crippen LogP contribution >= 0.6 is 0 Å². The van der Waals surface area contributed by atoms with Crippen molar-refractivity contribution >= 4 is 24.8 Å². The minimum atomic E-state index is -1.34. The van der Waals surface area contributed by atoms with Gasteiger partial charge in [-0.1, -0.05) is 98.3 Å². The highest BCUT2D eigenvalue weighted by Crippen LogP contribution is 2.16. The number of amides is 2. The molecule has 0 heterocycles. The molecule has 0 aliphatic rings. The third-order valence-corrected chi connectivity index (χ3v) is 6.89. The molecule has 2 amide bonds. The predicted octanol–water partition coefficient (Wildman–Crippen LogP) is 5.56. The molecule has 3 atom stereocenters. The highest BCUT2D eigenvalue weighted by Gasteiger charge is 2.30. The van der Waals surface area contributed by atoms with E-state index in [4.69, 9.17) is 0 Å². The first-order valence-electron chi connectivity index (χ1n) is 14.5. The lowest BCUT2D eigenvalue weighted by Crippen LogP contribution is -2.61. The van der Waals surface area contributed by atoms with Crippen LogP contribution in [0.5, 0.6) is 0 Å². The van der Waals surface area contributed by atoms with Crippen LogP contribution in [0.25, 0.3) is 0 Å². The molecule has 0 aliphatic heterocycles. The minimum absolute atomic E-state index is 0.0294. The number of carbonyl (C=O) groups excluding carboxylic acids is 2. The van der Waals surface area contributed by atoms with Crippen molar-refractivity contribution in [3.63, 3.8) is 0 Å². The van der Waals surface area contributed by atoms with Crippen LogP contribution in [0.2, 0.25) is 0 Å². The molecule has 0 fully saturated rings. The van der Waals surface area contributed by atoms with Crippen LogP contribution in [0, 0.1) is 11.8 Å². The Bertz CT molecular complexity index is 647. The molecule has 222 valence electrons. The summed E-state index contributed by atoms with van der Waals surface area (Å²) in [5.74, 6) is 0.151. The first kappa shape index (κ1) is 35.8. The van der Waals surface area contributed by atoms with Gasteiger partial charge in [-0.15, -0.1) is 0 Å². The molecule has 0 spiro atoms. The second-order valence-corrected chi connectivity index (χ2v) is 10.9. The molecule has 0 aromatic rings. The lowest BCUT2D eigenvalue weighted by atomic mass is 10.0. The smallest absolute Gasteiger partial charge is 0.419 e. The molecule has 0 radical (unpaired) electrons. The van der Waals surface area contributed by atoms with Crippen LogP contribution in [-0.2, 0) is 9.59 Å². The Hall–Kier alpha value is -2.20. The molecule has 2 unspecified atom stereocenters. The lowest BCUT2D eigenvalue weighted by molar-refractivity contribution is -0.117. The fourth-order valence-corrected chi connectivity index (χ4v) is 4.55. The van der Waals surface area contributed by atoms with E-state index in [-0.39, 0.29) is 12.0 Å². The van der Waals surface area contributed by atoms with Crippen LogP contribution in [0.3, 0.4) is 0 Å². The zero-order valence-electron chi connectivity index (χ0n) is 24.1. The van der Waals surface area contributed by atoms with E-state index in [2.05, 4.69) is 29.9 Å². The van der Waals surface area contributed by atoms with Gasteiger partial charge in [-0.05, 0) is 37.6 Å². The van der Waals surface area contributed by atoms with Gasteiger partial charge in [0.1, 0.15) is 18.7 Å². The van der Waals surface area contributed by atoms with Gasteiger partial charge in [-0.3, -0.25) is 5.43 Å². The third kappa shape index (κ3) is 18.1. The minimum Gasteiger partial charge on any atom is -0.465 e. The van der Waals surface area contributed by atoms with E-state index in [0.717, 1.165) is 44.9 Å². The Labute approximate surface area is 229 Å². The van der Waals surface area contributed by atoms with Crippen molar-refractivity contribution in [2.24, 2.45) is 11.8 Å². The average molecular weight is 543 g/mol. The van der Waals surface area contributed by atoms with Gasteiger partial charge in [0.2, 0.25) is 0 Å². The number of hydrazine groups is 1. The van der Waals surface area contributed by atoms with Gasteiger partial charge in [-0.25, -0.2) is 9.59 Å². The summed E-state index contributed by atoms with van der Waals surface area (Å²) in [4.78, 5) is 45.1. The largest absolute Gasteiger partial charge is 0.465 e. The predicted molar refractivity (Wildman–Crippen MR) is 150 cm³/mol. The molecule has 0 aromatic carbocycles. The standard InChI is InChI=1S/C28H54N4O6/c1-22(2)24(20-33)29-19-17-15-13-11-9-7-5-6-8-10-12-14-16-18-26(30-27(35)36)32(31-28(37)38)25(21-34)23(3)4/h20-26,29-31H,5-19H2,1-4H3,(H,35,36)(H,37,38)/t24?,25-,26?/m1/s1. The molecule has 0 aromatic heterocycles. The summed E-state index contributed by atoms with van der Waals surface area (Å²) < 4.78 is 0. The van der Waals surface area contributed by atoms with Gasteiger partial charge in [0.05, 0.1) is 12.1 Å². The average Bonchev–Trinajstić information content (AvgIpc) is 2.84. The molecule has 0 rings (SSSR count). The molecule has 5 N–H and O–H groups in total. The van der Waals surface area contributed by atoms with Crippen LogP contribution in [0.1, 0.15) is 118 Å². The zero-order chi connectivity index (χ0) is 28.8. The number of rotatable bonds is 25. The van der Waals surface area contributed by atoms with Crippen LogP contribution in [0.15, 0.2) is 0 Å². The summed E-state index contributed by atoms with van der Waals surface area (Å²) in [6.07, 6.45) is 13.5. The maximum atomic E-state index is 11.6. The Morgan fingerprint density at radius 2 is 1.16 bits per heavy atom. The first-order chi connectivity index (χ1) is 18.1. The van der Waals surface area contributed by atoms with Crippen LogP contribution < -0.4 is 16.1 Å². The normalized spacial score (nSPS) is 13.9. The molecule has 0 bridgehead atoms. The van der Waals surface area contributed by atoms with E-state index in [9.17, 15) is 29.4 Å². The number of hydrogen-bond donors (Lipinski definition) is 5. The fraction of sp³-hybridized carbons (Fsp3) is 0.857. The Kier molecular flexibility index (Phi) is 21.4. The van der Waals surface area contributed by atoms with Gasteiger partial charge >= 0.3 is 12.2 Å². The van der Waals surface area contributed by atoms with Crippen molar-refractivity contribution in [2.75, 3.05) is 6.54 Å². The number of carbonyl (C=O) groups is 4. The topological polar surface area (TPSA) is 148 Å². The number of carboxylic acid groups (broad SMARTS) is 2. The monoisotopic (exact) mass is 542 g/mol. The number of unbranched alkanes of at least 4 members (excludes halogenated alkanes) is 12. The summed E-state index contributed by atoms with van der Waals surface area (Å²) in [5, 5.41) is 25.3. The first-order valence-corrected chi connectivity index (χ1v) is 14.5. The summed E-state index contributed by atoms with van der Waals surface area (Å²) in [6.45, 7) is 8.59. The molecule has 0 aliphatic carbocycles. The number of aldehydes is 2. The van der Waals surface area contributed by atoms with E-state index < -0.39 is 24.4 Å². The highest BCUT2D eigenvalue weighted by atomic mass is 16.4. The molecule has 10 heteroatoms. The number of nitrogens with zero attached hydrogens (tertiary/aromatic N) is 1. The SMILES string of the molecule is CC(C)C(C=O)NCCCCCCCCCCCCCCCC(NC(=O)O)N(NC(=O)O)[C@H](C=O)C(C)C. The van der Waals surface area contributed by atoms with Crippen molar-refractivity contribution in [1.29, 1.82) is 0 Å². The molecule has 0 saturated carbocycles. The molecule has 0 saturated heterocycles. The van der Waals surface area contributed by atoms with Crippen molar-refractivity contribution in [3.8, 4) is 0 Å². The van der Waals surface area contributed by atoms with Gasteiger partial charge in [0.15, 0.2) is 0 Å². The molecular formula is C28H54N4O6. The Balaban J connectivity index is 3.97. The number of nitrogens with one attached hydrogen (secondary N) is 3. The Morgan fingerprint density at radius 1 is 0.684 bits per heavy atom. The summed E-state index contributed by atoms with van der Waals surface area (Å²) >= 11 is 0. The second kappa shape index (κ2) is 22.8. The highest BCUT2D eigenvalue weighted by molar-refractivity contribution is 5.67. The van der Waals surface area contributed by atoms with Gasteiger partial charge in [0.25, 0.3) is 0 Å². The molecule has 10 nitrogen and oxygen atoms in total. The lowest BCUT2D eigenvalue weighted by Gasteiger charge is -2.36. The fourth-order valence-electron chi connectivity index (χ4n) is 4.55. The Morgan fingerprint density at radius 3 is 1.53 bits per heavy atom. The third-order valence-electron chi connectivity index (χ3n) is 6.89. The molecule has 38 heavy (non-hydrogen) atoms. The van der Waals surface area contributed by atoms with Gasteiger partial charge < -0.3 is 30.4 Å². The van der Waals surface area contributed by atoms with Gasteiger partial charge in [-0.2, -0.15) is 5.01 Å². The summed E-state index contributed by atoms with van der Waals surface area (Å²) in [6, 6.07) is -0.802.